The molecule has 1 aromatic heterocycles. The highest BCUT2D eigenvalue weighted by atomic mass is 32.2. The molecule has 2 bridgehead atoms. The fourth-order valence-corrected chi connectivity index (χ4v) is 4.41. The van der Waals surface area contributed by atoms with Crippen molar-refractivity contribution in [2.75, 3.05) is 7.11 Å². The van der Waals surface area contributed by atoms with E-state index in [2.05, 4.69) is 15.6 Å². The molecule has 1 aromatic carbocycles. The minimum absolute atomic E-state index is 0.00963. The van der Waals surface area contributed by atoms with Crippen molar-refractivity contribution >= 4 is 17.7 Å². The average molecular weight is 355 g/mol. The number of carbonyl (C=O) groups excluding carboxylic acids is 1. The predicted octanol–water partition coefficient (Wildman–Crippen LogP) is 2.86. The molecule has 0 radical (unpaired) electrons. The van der Waals surface area contributed by atoms with Gasteiger partial charge in [-0.2, -0.15) is 0 Å². The molecule has 5 nitrogen and oxygen atoms in total. The fourth-order valence-electron chi connectivity index (χ4n) is 3.60. The third-order valence-electron chi connectivity index (χ3n) is 4.90. The lowest BCUT2D eigenvalue weighted by molar-refractivity contribution is 0.0931. The zero-order valence-corrected chi connectivity index (χ0v) is 14.9. The summed E-state index contributed by atoms with van der Waals surface area (Å²) in [6, 6.07) is 12.7. The highest BCUT2D eigenvalue weighted by molar-refractivity contribution is 7.99. The van der Waals surface area contributed by atoms with E-state index in [-0.39, 0.29) is 11.9 Å². The molecule has 2 aliphatic heterocycles. The topological polar surface area (TPSA) is 63.2 Å². The van der Waals surface area contributed by atoms with Crippen molar-refractivity contribution in [3.63, 3.8) is 0 Å². The molecule has 3 atom stereocenters. The second kappa shape index (κ2) is 7.06. The van der Waals surface area contributed by atoms with E-state index in [9.17, 15) is 4.79 Å². The second-order valence-corrected chi connectivity index (χ2v) is 7.62. The van der Waals surface area contributed by atoms with Gasteiger partial charge in [-0.25, -0.2) is 4.98 Å². The van der Waals surface area contributed by atoms with Gasteiger partial charge in [-0.3, -0.25) is 4.79 Å². The van der Waals surface area contributed by atoms with Crippen LogP contribution in [0.15, 0.2) is 52.5 Å². The molecule has 3 heterocycles. The van der Waals surface area contributed by atoms with Crippen molar-refractivity contribution < 1.29 is 9.53 Å². The van der Waals surface area contributed by atoms with Gasteiger partial charge in [0.15, 0.2) is 0 Å². The quantitative estimate of drug-likeness (QED) is 0.863. The smallest absolute Gasteiger partial charge is 0.251 e. The summed E-state index contributed by atoms with van der Waals surface area (Å²) >= 11 is 1.55. The highest BCUT2D eigenvalue weighted by Crippen LogP contribution is 2.29. The van der Waals surface area contributed by atoms with E-state index in [1.54, 1.807) is 25.1 Å². The first-order chi connectivity index (χ1) is 12.2. The summed E-state index contributed by atoms with van der Waals surface area (Å²) in [5.41, 5.74) is 0.700. The van der Waals surface area contributed by atoms with Crippen LogP contribution >= 0.6 is 11.8 Å². The Morgan fingerprint density at radius 1 is 1.28 bits per heavy atom. The molecule has 130 valence electrons. The Balaban J connectivity index is 1.38. The average Bonchev–Trinajstić information content (AvgIpc) is 3.25. The number of hydrogen-bond acceptors (Lipinski definition) is 5. The molecule has 2 N–H and O–H groups in total. The van der Waals surface area contributed by atoms with Gasteiger partial charge in [-0.15, -0.1) is 0 Å². The summed E-state index contributed by atoms with van der Waals surface area (Å²) in [7, 11) is 1.64. The summed E-state index contributed by atoms with van der Waals surface area (Å²) < 4.78 is 5.22. The van der Waals surface area contributed by atoms with Gasteiger partial charge in [0.05, 0.1) is 7.11 Å². The number of carbonyl (C=O) groups is 1. The molecule has 2 aliphatic rings. The third-order valence-corrected chi connectivity index (χ3v) is 5.84. The van der Waals surface area contributed by atoms with Crippen LogP contribution < -0.4 is 15.4 Å². The van der Waals surface area contributed by atoms with Gasteiger partial charge in [-0.1, -0.05) is 11.8 Å². The van der Waals surface area contributed by atoms with Crippen LogP contribution in [0.4, 0.5) is 0 Å². The van der Waals surface area contributed by atoms with Crippen LogP contribution in [0.3, 0.4) is 0 Å². The van der Waals surface area contributed by atoms with Gasteiger partial charge >= 0.3 is 0 Å². The van der Waals surface area contributed by atoms with Crippen molar-refractivity contribution in [1.82, 2.24) is 15.6 Å². The maximum atomic E-state index is 12.5. The lowest BCUT2D eigenvalue weighted by Crippen LogP contribution is -2.42. The first kappa shape index (κ1) is 16.4. The molecule has 0 aliphatic carbocycles. The number of ether oxygens (including phenoxy) is 1. The molecular formula is C19H21N3O2S. The van der Waals surface area contributed by atoms with Crippen LogP contribution in [-0.4, -0.2) is 36.1 Å². The second-order valence-electron chi connectivity index (χ2n) is 6.52. The van der Waals surface area contributed by atoms with Crippen LogP contribution in [0.5, 0.6) is 5.75 Å². The standard InChI is InChI=1S/C19H21N3O2S/c1-24-14-8-9-20-18(11-14)25-15-5-2-12(3-6-15)19(23)22-17-10-13-4-7-16(17)21-13/h2-3,5-6,8-9,11,13,16-17,21H,4,7,10H2,1H3,(H,22,23)/t13-,16+,17-/m1/s1. The zero-order chi connectivity index (χ0) is 17.2. The number of methoxy groups -OCH3 is 1. The Morgan fingerprint density at radius 2 is 2.12 bits per heavy atom. The van der Waals surface area contributed by atoms with Gasteiger partial charge < -0.3 is 15.4 Å². The maximum Gasteiger partial charge on any atom is 0.251 e. The molecule has 4 rings (SSSR count). The lowest BCUT2D eigenvalue weighted by Gasteiger charge is -2.21. The summed E-state index contributed by atoms with van der Waals surface area (Å²) in [6.45, 7) is 0. The third kappa shape index (κ3) is 3.65. The van der Waals surface area contributed by atoms with E-state index in [4.69, 9.17) is 4.74 Å². The molecule has 25 heavy (non-hydrogen) atoms. The van der Waals surface area contributed by atoms with Crippen molar-refractivity contribution in [3.8, 4) is 5.75 Å². The van der Waals surface area contributed by atoms with E-state index in [1.165, 1.54) is 12.8 Å². The number of nitrogens with one attached hydrogen (secondary N) is 2. The monoisotopic (exact) mass is 355 g/mol. The van der Waals surface area contributed by atoms with Gasteiger partial charge in [0.2, 0.25) is 0 Å². The first-order valence-electron chi connectivity index (χ1n) is 8.56. The SMILES string of the molecule is COc1ccnc(Sc2ccc(C(=O)N[C@@H]3C[C@H]4CC[C@@H]3N4)cc2)c1. The molecular weight excluding hydrogens is 334 g/mol. The van der Waals surface area contributed by atoms with Crippen molar-refractivity contribution in [1.29, 1.82) is 0 Å². The molecule has 2 aromatic rings. The molecule has 0 unspecified atom stereocenters. The van der Waals surface area contributed by atoms with Crippen LogP contribution in [0.2, 0.25) is 0 Å². The van der Waals surface area contributed by atoms with E-state index >= 15 is 0 Å². The van der Waals surface area contributed by atoms with E-state index in [0.29, 0.717) is 17.6 Å². The maximum absolute atomic E-state index is 12.5. The van der Waals surface area contributed by atoms with Crippen LogP contribution in [-0.2, 0) is 0 Å². The fraction of sp³-hybridized carbons (Fsp3) is 0.368. The van der Waals surface area contributed by atoms with Crippen LogP contribution in [0.25, 0.3) is 0 Å². The first-order valence-corrected chi connectivity index (χ1v) is 9.38. The van der Waals surface area contributed by atoms with Gasteiger partial charge in [0, 0.05) is 40.8 Å². The largest absolute Gasteiger partial charge is 0.497 e. The minimum Gasteiger partial charge on any atom is -0.497 e. The number of nitrogens with zero attached hydrogens (tertiary/aromatic N) is 1. The lowest BCUT2D eigenvalue weighted by atomic mass is 9.95. The summed E-state index contributed by atoms with van der Waals surface area (Å²) in [4.78, 5) is 17.8. The zero-order valence-electron chi connectivity index (χ0n) is 14.1. The Morgan fingerprint density at radius 3 is 2.80 bits per heavy atom. The number of fused-ring (bicyclic) bond motifs is 2. The number of aromatic nitrogens is 1. The van der Waals surface area contributed by atoms with E-state index < -0.39 is 0 Å². The predicted molar refractivity (Wildman–Crippen MR) is 97.2 cm³/mol. The van der Waals surface area contributed by atoms with Gasteiger partial charge in [0.25, 0.3) is 5.91 Å². The number of pyridine rings is 1. The van der Waals surface area contributed by atoms with E-state index in [0.717, 1.165) is 22.1 Å². The number of amides is 1. The molecule has 2 saturated heterocycles. The highest BCUT2D eigenvalue weighted by Gasteiger charge is 2.39. The minimum atomic E-state index is 0.00963. The molecule has 2 fully saturated rings. The summed E-state index contributed by atoms with van der Waals surface area (Å²) in [5, 5.41) is 7.58. The Hall–Kier alpha value is -2.05. The summed E-state index contributed by atoms with van der Waals surface area (Å²) in [6.07, 6.45) is 5.18. The van der Waals surface area contributed by atoms with Crippen LogP contribution in [0.1, 0.15) is 29.6 Å². The Kier molecular flexibility index (Phi) is 4.63. The van der Waals surface area contributed by atoms with Gasteiger partial charge in [0.1, 0.15) is 10.8 Å². The van der Waals surface area contributed by atoms with E-state index in [1.807, 2.05) is 36.4 Å². The van der Waals surface area contributed by atoms with Crippen molar-refractivity contribution in [2.24, 2.45) is 0 Å². The summed E-state index contributed by atoms with van der Waals surface area (Å²) in [5.74, 6) is 0.795. The molecule has 0 saturated carbocycles. The Labute approximate surface area is 151 Å². The van der Waals surface area contributed by atoms with Crippen molar-refractivity contribution in [2.45, 2.75) is 47.3 Å². The number of benzene rings is 1. The van der Waals surface area contributed by atoms with Gasteiger partial charge in [-0.05, 0) is 49.6 Å². The Bertz CT molecular complexity index is 766. The molecule has 0 spiro atoms. The normalized spacial score (nSPS) is 24.3. The number of hydrogen-bond donors (Lipinski definition) is 2. The molecule has 1 amide bonds. The molecule has 6 heteroatoms. The van der Waals surface area contributed by atoms with Crippen molar-refractivity contribution in [3.05, 3.63) is 48.2 Å². The number of rotatable bonds is 5. The van der Waals surface area contributed by atoms with Crippen LogP contribution in [0, 0.1) is 0 Å².